The largest absolute Gasteiger partial charge is 0.325 e. The molecule has 0 bridgehead atoms. The van der Waals surface area contributed by atoms with Gasteiger partial charge in [-0.15, -0.1) is 10.2 Å². The molecule has 3 aromatic rings. The average molecular weight is 396 g/mol. The first-order valence-electron chi connectivity index (χ1n) is 9.26. The van der Waals surface area contributed by atoms with Crippen LogP contribution < -0.4 is 5.32 Å². The van der Waals surface area contributed by atoms with Crippen molar-refractivity contribution in [3.63, 3.8) is 0 Å². The van der Waals surface area contributed by atoms with Gasteiger partial charge in [0.1, 0.15) is 11.9 Å². The fourth-order valence-electron chi connectivity index (χ4n) is 3.23. The molecule has 150 valence electrons. The van der Waals surface area contributed by atoms with Crippen LogP contribution in [0.4, 0.5) is 4.79 Å². The molecule has 1 fully saturated rings. The average Bonchev–Trinajstić information content (AvgIpc) is 3.45. The molecule has 0 spiro atoms. The van der Waals surface area contributed by atoms with Gasteiger partial charge in [0.05, 0.1) is 12.2 Å². The predicted molar refractivity (Wildman–Crippen MR) is 98.3 cm³/mol. The standard InChI is InChI=1S/C17H20N10O2/c1-3-4-8-26-14(20-22-24-26)10-25-15(28)17(2,19-16(25)29)12-6-5-7-13(9-12)27-11-18-21-23-27/h5-7,9,11H,3-4,8,10H2,1-2H3,(H,19,29)/t17-/m0/s1. The number of amides is 3. The van der Waals surface area contributed by atoms with Gasteiger partial charge in [-0.25, -0.2) is 14.2 Å². The number of aryl methyl sites for hydroxylation is 1. The Morgan fingerprint density at radius 2 is 2.03 bits per heavy atom. The molecule has 3 heterocycles. The highest BCUT2D eigenvalue weighted by molar-refractivity contribution is 6.07. The number of rotatable bonds is 7. The van der Waals surface area contributed by atoms with Gasteiger partial charge in [-0.05, 0) is 51.9 Å². The van der Waals surface area contributed by atoms with Crippen LogP contribution in [0.5, 0.6) is 0 Å². The highest BCUT2D eigenvalue weighted by Crippen LogP contribution is 2.30. The van der Waals surface area contributed by atoms with Crippen LogP contribution in [0.2, 0.25) is 0 Å². The van der Waals surface area contributed by atoms with E-state index >= 15 is 0 Å². The first-order valence-corrected chi connectivity index (χ1v) is 9.26. The topological polar surface area (TPSA) is 137 Å². The Kier molecular flexibility index (Phi) is 4.74. The van der Waals surface area contributed by atoms with Crippen LogP contribution in [0.25, 0.3) is 5.69 Å². The maximum absolute atomic E-state index is 13.2. The summed E-state index contributed by atoms with van der Waals surface area (Å²) in [5.74, 6) is 0.0926. The summed E-state index contributed by atoms with van der Waals surface area (Å²) in [5.41, 5.74) is 0.0812. The minimum atomic E-state index is -1.22. The van der Waals surface area contributed by atoms with Gasteiger partial charge in [0.15, 0.2) is 5.82 Å². The van der Waals surface area contributed by atoms with Gasteiger partial charge in [-0.1, -0.05) is 25.5 Å². The highest BCUT2D eigenvalue weighted by atomic mass is 16.2. The van der Waals surface area contributed by atoms with Gasteiger partial charge in [0.2, 0.25) is 0 Å². The van der Waals surface area contributed by atoms with E-state index in [1.807, 2.05) is 6.07 Å². The number of hydrogen-bond acceptors (Lipinski definition) is 8. The maximum Gasteiger partial charge on any atom is 0.325 e. The number of nitrogens with zero attached hydrogens (tertiary/aromatic N) is 9. The second-order valence-electron chi connectivity index (χ2n) is 6.92. The van der Waals surface area contributed by atoms with E-state index in [2.05, 4.69) is 43.3 Å². The lowest BCUT2D eigenvalue weighted by Gasteiger charge is -2.22. The number of nitrogens with one attached hydrogen (secondary N) is 1. The molecule has 12 nitrogen and oxygen atoms in total. The molecule has 12 heteroatoms. The second kappa shape index (κ2) is 7.37. The molecule has 1 aromatic carbocycles. The highest BCUT2D eigenvalue weighted by Gasteiger charge is 2.49. The van der Waals surface area contributed by atoms with E-state index in [-0.39, 0.29) is 12.5 Å². The Morgan fingerprint density at radius 3 is 2.79 bits per heavy atom. The molecule has 1 atom stereocenters. The normalized spacial score (nSPS) is 19.0. The van der Waals surface area contributed by atoms with Crippen LogP contribution in [0.15, 0.2) is 30.6 Å². The zero-order chi connectivity index (χ0) is 20.4. The number of imide groups is 1. The van der Waals surface area contributed by atoms with Gasteiger partial charge in [0, 0.05) is 6.54 Å². The van der Waals surface area contributed by atoms with E-state index in [0.29, 0.717) is 23.6 Å². The molecule has 1 aliphatic rings. The second-order valence-corrected chi connectivity index (χ2v) is 6.92. The van der Waals surface area contributed by atoms with Crippen LogP contribution in [-0.2, 0) is 23.4 Å². The van der Waals surface area contributed by atoms with Crippen molar-refractivity contribution in [1.82, 2.24) is 50.6 Å². The Hall–Kier alpha value is -3.70. The third-order valence-electron chi connectivity index (χ3n) is 4.94. The first kappa shape index (κ1) is 18.7. The lowest BCUT2D eigenvalue weighted by molar-refractivity contribution is -0.131. The summed E-state index contributed by atoms with van der Waals surface area (Å²) in [4.78, 5) is 27.0. The summed E-state index contributed by atoms with van der Waals surface area (Å²) in [6.45, 7) is 4.37. The van der Waals surface area contributed by atoms with Crippen molar-refractivity contribution in [2.24, 2.45) is 0 Å². The monoisotopic (exact) mass is 396 g/mol. The fourth-order valence-corrected chi connectivity index (χ4v) is 3.23. The fraction of sp³-hybridized carbons (Fsp3) is 0.412. The minimum absolute atomic E-state index is 0.00363. The summed E-state index contributed by atoms with van der Waals surface area (Å²) in [7, 11) is 0. The Bertz CT molecular complexity index is 1030. The van der Waals surface area contributed by atoms with E-state index in [0.717, 1.165) is 17.7 Å². The number of benzene rings is 1. The lowest BCUT2D eigenvalue weighted by Crippen LogP contribution is -2.41. The van der Waals surface area contributed by atoms with Gasteiger partial charge in [0.25, 0.3) is 5.91 Å². The number of urea groups is 1. The maximum atomic E-state index is 13.2. The number of carbonyl (C=O) groups excluding carboxylic acids is 2. The van der Waals surface area contributed by atoms with Crippen molar-refractivity contribution in [2.75, 3.05) is 0 Å². The SMILES string of the molecule is CCCCn1nnnc1CN1C(=O)N[C@@](C)(c2cccc(-n3cnnn3)c2)C1=O. The third kappa shape index (κ3) is 3.32. The molecular formula is C17H20N10O2. The Balaban J connectivity index is 1.59. The van der Waals surface area contributed by atoms with Crippen molar-refractivity contribution < 1.29 is 9.59 Å². The van der Waals surface area contributed by atoms with Gasteiger partial charge in [-0.3, -0.25) is 9.69 Å². The molecule has 0 saturated carbocycles. The number of hydrogen-bond donors (Lipinski definition) is 1. The Morgan fingerprint density at radius 1 is 1.17 bits per heavy atom. The summed E-state index contributed by atoms with van der Waals surface area (Å²) in [6, 6.07) is 6.65. The van der Waals surface area contributed by atoms with E-state index in [9.17, 15) is 9.59 Å². The van der Waals surface area contributed by atoms with E-state index in [4.69, 9.17) is 0 Å². The Labute approximate surface area is 165 Å². The molecule has 0 radical (unpaired) electrons. The van der Waals surface area contributed by atoms with Gasteiger partial charge < -0.3 is 5.32 Å². The van der Waals surface area contributed by atoms with Crippen LogP contribution in [0.1, 0.15) is 38.1 Å². The summed E-state index contributed by atoms with van der Waals surface area (Å²) < 4.78 is 3.10. The van der Waals surface area contributed by atoms with Crippen LogP contribution >= 0.6 is 0 Å². The van der Waals surface area contributed by atoms with Crippen LogP contribution in [0, 0.1) is 0 Å². The molecule has 0 aliphatic carbocycles. The van der Waals surface area contributed by atoms with Crippen LogP contribution in [-0.4, -0.2) is 57.3 Å². The zero-order valence-corrected chi connectivity index (χ0v) is 16.1. The number of unbranched alkanes of at least 4 members (excludes halogenated alkanes) is 1. The van der Waals surface area contributed by atoms with Crippen LogP contribution in [0.3, 0.4) is 0 Å². The lowest BCUT2D eigenvalue weighted by atomic mass is 9.91. The van der Waals surface area contributed by atoms with Gasteiger partial charge >= 0.3 is 6.03 Å². The quantitative estimate of drug-likeness (QED) is 0.567. The molecule has 1 N–H and O–H groups in total. The molecular weight excluding hydrogens is 376 g/mol. The third-order valence-corrected chi connectivity index (χ3v) is 4.94. The smallest absolute Gasteiger partial charge is 0.319 e. The van der Waals surface area contributed by atoms with Gasteiger partial charge in [-0.2, -0.15) is 0 Å². The van der Waals surface area contributed by atoms with E-state index in [1.165, 1.54) is 11.0 Å². The minimum Gasteiger partial charge on any atom is -0.319 e. The van der Waals surface area contributed by atoms with Crippen molar-refractivity contribution in [1.29, 1.82) is 0 Å². The molecule has 29 heavy (non-hydrogen) atoms. The van der Waals surface area contributed by atoms with E-state index < -0.39 is 11.6 Å². The molecule has 1 aliphatic heterocycles. The predicted octanol–water partition coefficient (Wildman–Crippen LogP) is 0.416. The van der Waals surface area contributed by atoms with Crippen molar-refractivity contribution in [3.8, 4) is 5.69 Å². The summed E-state index contributed by atoms with van der Waals surface area (Å²) >= 11 is 0. The summed E-state index contributed by atoms with van der Waals surface area (Å²) in [6.07, 6.45) is 3.34. The number of carbonyl (C=O) groups is 2. The van der Waals surface area contributed by atoms with Crippen molar-refractivity contribution in [3.05, 3.63) is 42.0 Å². The van der Waals surface area contributed by atoms with Crippen molar-refractivity contribution in [2.45, 2.75) is 45.3 Å². The molecule has 2 aromatic heterocycles. The number of aromatic nitrogens is 8. The van der Waals surface area contributed by atoms with E-state index in [1.54, 1.807) is 29.8 Å². The molecule has 0 unspecified atom stereocenters. The molecule has 4 rings (SSSR count). The van der Waals surface area contributed by atoms with Crippen molar-refractivity contribution >= 4 is 11.9 Å². The molecule has 3 amide bonds. The summed E-state index contributed by atoms with van der Waals surface area (Å²) in [5, 5.41) is 25.5. The number of tetrazole rings is 2. The molecule has 1 saturated heterocycles. The zero-order valence-electron chi connectivity index (χ0n) is 16.1. The first-order chi connectivity index (χ1) is 14.0.